The molecule has 19 heavy (non-hydrogen) atoms. The minimum atomic E-state index is -4.36. The predicted octanol–water partition coefficient (Wildman–Crippen LogP) is 2.87. The molecule has 0 saturated carbocycles. The SMILES string of the molecule is CC(Cl)C(=O)NCc1ccc(OCC(F)(F)F)cc1. The van der Waals surface area contributed by atoms with Crippen LogP contribution in [0.5, 0.6) is 5.75 Å². The van der Waals surface area contributed by atoms with Gasteiger partial charge in [0.1, 0.15) is 11.1 Å². The van der Waals surface area contributed by atoms with Gasteiger partial charge in [-0.1, -0.05) is 12.1 Å². The first-order chi connectivity index (χ1) is 8.78. The van der Waals surface area contributed by atoms with Crippen LogP contribution in [0.3, 0.4) is 0 Å². The molecule has 1 atom stereocenters. The van der Waals surface area contributed by atoms with Crippen LogP contribution in [0.25, 0.3) is 0 Å². The second-order valence-corrected chi connectivity index (χ2v) is 4.54. The van der Waals surface area contributed by atoms with E-state index >= 15 is 0 Å². The van der Waals surface area contributed by atoms with Crippen LogP contribution in [0, 0.1) is 0 Å². The van der Waals surface area contributed by atoms with E-state index in [0.717, 1.165) is 5.56 Å². The highest BCUT2D eigenvalue weighted by Crippen LogP contribution is 2.18. The number of carbonyl (C=O) groups is 1. The van der Waals surface area contributed by atoms with Gasteiger partial charge in [-0.15, -0.1) is 11.6 Å². The number of benzene rings is 1. The predicted molar refractivity (Wildman–Crippen MR) is 65.2 cm³/mol. The quantitative estimate of drug-likeness (QED) is 0.848. The van der Waals surface area contributed by atoms with Gasteiger partial charge >= 0.3 is 6.18 Å². The first-order valence-corrected chi connectivity index (χ1v) is 5.92. The molecule has 1 aromatic carbocycles. The largest absolute Gasteiger partial charge is 0.484 e. The summed E-state index contributed by atoms with van der Waals surface area (Å²) in [5.41, 5.74) is 0.741. The molecule has 1 N–H and O–H groups in total. The van der Waals surface area contributed by atoms with Gasteiger partial charge in [-0.25, -0.2) is 0 Å². The van der Waals surface area contributed by atoms with Crippen molar-refractivity contribution in [2.24, 2.45) is 0 Å². The Bertz CT molecular complexity index is 418. The smallest absolute Gasteiger partial charge is 0.422 e. The number of hydrogen-bond donors (Lipinski definition) is 1. The average molecular weight is 296 g/mol. The fourth-order valence-corrected chi connectivity index (χ4v) is 1.28. The van der Waals surface area contributed by atoms with Crippen LogP contribution in [0.15, 0.2) is 24.3 Å². The van der Waals surface area contributed by atoms with E-state index in [2.05, 4.69) is 10.1 Å². The first kappa shape index (κ1) is 15.6. The summed E-state index contributed by atoms with van der Waals surface area (Å²) in [5.74, 6) is -0.183. The van der Waals surface area contributed by atoms with Gasteiger partial charge in [0, 0.05) is 6.54 Å². The molecule has 0 aliphatic heterocycles. The monoisotopic (exact) mass is 295 g/mol. The van der Waals surface area contributed by atoms with E-state index in [9.17, 15) is 18.0 Å². The zero-order chi connectivity index (χ0) is 14.5. The third-order valence-electron chi connectivity index (χ3n) is 2.15. The number of ether oxygens (including phenoxy) is 1. The van der Waals surface area contributed by atoms with Gasteiger partial charge in [-0.3, -0.25) is 4.79 Å². The van der Waals surface area contributed by atoms with E-state index in [1.54, 1.807) is 19.1 Å². The van der Waals surface area contributed by atoms with Crippen LogP contribution in [-0.2, 0) is 11.3 Å². The van der Waals surface area contributed by atoms with Crippen molar-refractivity contribution in [2.45, 2.75) is 25.0 Å². The molecule has 0 aliphatic carbocycles. The van der Waals surface area contributed by atoms with E-state index in [-0.39, 0.29) is 18.2 Å². The maximum Gasteiger partial charge on any atom is 0.422 e. The van der Waals surface area contributed by atoms with Gasteiger partial charge in [0.15, 0.2) is 6.61 Å². The van der Waals surface area contributed by atoms with Crippen molar-refractivity contribution in [3.63, 3.8) is 0 Å². The van der Waals surface area contributed by atoms with Crippen LogP contribution >= 0.6 is 11.6 Å². The molecule has 106 valence electrons. The normalized spacial score (nSPS) is 12.9. The molecular formula is C12H13ClF3NO2. The summed E-state index contributed by atoms with van der Waals surface area (Å²) in [6, 6.07) is 5.98. The van der Waals surface area contributed by atoms with Crippen LogP contribution < -0.4 is 10.1 Å². The van der Waals surface area contributed by atoms with Crippen molar-refractivity contribution >= 4 is 17.5 Å². The van der Waals surface area contributed by atoms with Crippen molar-refractivity contribution in [3.05, 3.63) is 29.8 Å². The minimum absolute atomic E-state index is 0.123. The molecule has 0 heterocycles. The number of nitrogens with one attached hydrogen (secondary N) is 1. The summed E-state index contributed by atoms with van der Waals surface area (Å²) in [7, 11) is 0. The summed E-state index contributed by atoms with van der Waals surface area (Å²) < 4.78 is 40.3. The third-order valence-corrected chi connectivity index (χ3v) is 2.35. The lowest BCUT2D eigenvalue weighted by molar-refractivity contribution is -0.153. The lowest BCUT2D eigenvalue weighted by atomic mass is 10.2. The molecule has 0 spiro atoms. The standard InChI is InChI=1S/C12H13ClF3NO2/c1-8(13)11(18)17-6-9-2-4-10(5-3-9)19-7-12(14,15)16/h2-5,8H,6-7H2,1H3,(H,17,18). The van der Waals surface area contributed by atoms with Gasteiger partial charge in [-0.2, -0.15) is 13.2 Å². The molecular weight excluding hydrogens is 283 g/mol. The van der Waals surface area contributed by atoms with Crippen LogP contribution in [0.2, 0.25) is 0 Å². The summed E-state index contributed by atoms with van der Waals surface area (Å²) in [4.78, 5) is 11.2. The Hall–Kier alpha value is -1.43. The zero-order valence-electron chi connectivity index (χ0n) is 10.1. The zero-order valence-corrected chi connectivity index (χ0v) is 10.9. The van der Waals surface area contributed by atoms with Crippen LogP contribution in [-0.4, -0.2) is 24.1 Å². The van der Waals surface area contributed by atoms with E-state index in [1.165, 1.54) is 12.1 Å². The second-order valence-electron chi connectivity index (χ2n) is 3.88. The van der Waals surface area contributed by atoms with Crippen molar-refractivity contribution in [1.29, 1.82) is 0 Å². The molecule has 1 rings (SSSR count). The second kappa shape index (κ2) is 6.65. The van der Waals surface area contributed by atoms with E-state index in [0.29, 0.717) is 0 Å². The number of amides is 1. The van der Waals surface area contributed by atoms with Gasteiger partial charge in [-0.05, 0) is 24.6 Å². The van der Waals surface area contributed by atoms with Crippen molar-refractivity contribution < 1.29 is 22.7 Å². The maximum absolute atomic E-state index is 11.9. The molecule has 1 aromatic rings. The highest BCUT2D eigenvalue weighted by atomic mass is 35.5. The van der Waals surface area contributed by atoms with Gasteiger partial charge in [0.25, 0.3) is 0 Å². The Morgan fingerprint density at radius 1 is 1.37 bits per heavy atom. The molecule has 0 bridgehead atoms. The minimum Gasteiger partial charge on any atom is -0.484 e. The Morgan fingerprint density at radius 3 is 2.42 bits per heavy atom. The van der Waals surface area contributed by atoms with Crippen LogP contribution in [0.1, 0.15) is 12.5 Å². The molecule has 0 fully saturated rings. The Balaban J connectivity index is 2.46. The van der Waals surface area contributed by atoms with Gasteiger partial charge < -0.3 is 10.1 Å². The molecule has 0 aromatic heterocycles. The molecule has 0 radical (unpaired) electrons. The van der Waals surface area contributed by atoms with Crippen molar-refractivity contribution in [3.8, 4) is 5.75 Å². The summed E-state index contributed by atoms with van der Waals surface area (Å²) >= 11 is 5.57. The van der Waals surface area contributed by atoms with Crippen LogP contribution in [0.4, 0.5) is 13.2 Å². The maximum atomic E-state index is 11.9. The first-order valence-electron chi connectivity index (χ1n) is 5.48. The lowest BCUT2D eigenvalue weighted by Crippen LogP contribution is -2.28. The molecule has 7 heteroatoms. The Morgan fingerprint density at radius 2 is 1.95 bits per heavy atom. The molecule has 3 nitrogen and oxygen atoms in total. The van der Waals surface area contributed by atoms with E-state index in [1.807, 2.05) is 0 Å². The van der Waals surface area contributed by atoms with E-state index in [4.69, 9.17) is 11.6 Å². The lowest BCUT2D eigenvalue weighted by Gasteiger charge is -2.10. The molecule has 0 saturated heterocycles. The molecule has 1 amide bonds. The number of rotatable bonds is 5. The molecule has 1 unspecified atom stereocenters. The number of halogens is 4. The number of hydrogen-bond acceptors (Lipinski definition) is 2. The highest BCUT2D eigenvalue weighted by Gasteiger charge is 2.28. The van der Waals surface area contributed by atoms with Gasteiger partial charge in [0.2, 0.25) is 5.91 Å². The Kier molecular flexibility index (Phi) is 5.47. The average Bonchev–Trinajstić information content (AvgIpc) is 2.33. The van der Waals surface area contributed by atoms with Crippen molar-refractivity contribution in [1.82, 2.24) is 5.32 Å². The van der Waals surface area contributed by atoms with E-state index < -0.39 is 18.2 Å². The summed E-state index contributed by atoms with van der Waals surface area (Å²) in [6.07, 6.45) is -4.36. The van der Waals surface area contributed by atoms with Gasteiger partial charge in [0.05, 0.1) is 0 Å². The topological polar surface area (TPSA) is 38.3 Å². The third kappa shape index (κ3) is 6.33. The summed E-state index contributed by atoms with van der Waals surface area (Å²) in [5, 5.41) is 1.95. The number of alkyl halides is 4. The highest BCUT2D eigenvalue weighted by molar-refractivity contribution is 6.30. The van der Waals surface area contributed by atoms with Crippen molar-refractivity contribution in [2.75, 3.05) is 6.61 Å². The fourth-order valence-electron chi connectivity index (χ4n) is 1.20. The number of carbonyl (C=O) groups excluding carboxylic acids is 1. The Labute approximate surface area is 113 Å². The molecule has 0 aliphatic rings. The fraction of sp³-hybridized carbons (Fsp3) is 0.417. The summed E-state index contributed by atoms with van der Waals surface area (Å²) in [6.45, 7) is 0.479.